The van der Waals surface area contributed by atoms with E-state index in [0.29, 0.717) is 17.0 Å². The Morgan fingerprint density at radius 1 is 1.04 bits per heavy atom. The van der Waals surface area contributed by atoms with Crippen molar-refractivity contribution in [3.05, 3.63) is 70.6 Å². The third-order valence-electron chi connectivity index (χ3n) is 3.99. The largest absolute Gasteiger partial charge is 0.423 e. The Morgan fingerprint density at radius 3 is 2.46 bits per heavy atom. The number of nitrogens with one attached hydrogen (secondary N) is 1. The average Bonchev–Trinajstić information content (AvgIpc) is 2.60. The molecule has 5 heteroatoms. The lowest BCUT2D eigenvalue weighted by Gasteiger charge is -2.19. The molecule has 0 saturated heterocycles. The van der Waals surface area contributed by atoms with Gasteiger partial charge in [0.05, 0.1) is 5.75 Å². The van der Waals surface area contributed by atoms with E-state index in [4.69, 9.17) is 4.42 Å². The normalized spacial score (nSPS) is 11.5. The van der Waals surface area contributed by atoms with Crippen molar-refractivity contribution in [3.63, 3.8) is 0 Å². The number of carbonyl (C=O) groups excluding carboxylic acids is 1. The van der Waals surface area contributed by atoms with Crippen molar-refractivity contribution in [2.45, 2.75) is 31.1 Å². The third kappa shape index (κ3) is 4.55. The number of fused-ring (bicyclic) bond motifs is 1. The maximum Gasteiger partial charge on any atom is 0.336 e. The van der Waals surface area contributed by atoms with Gasteiger partial charge in [-0.3, -0.25) is 4.79 Å². The van der Waals surface area contributed by atoms with Crippen molar-refractivity contribution in [1.29, 1.82) is 0 Å². The fraction of sp³-hybridized carbons (Fsp3) is 0.238. The summed E-state index contributed by atoms with van der Waals surface area (Å²) in [5.74, 6) is 0.253. The van der Waals surface area contributed by atoms with E-state index < -0.39 is 0 Å². The molecule has 0 atom stereocenters. The minimum absolute atomic E-state index is 0.0772. The molecule has 0 bridgehead atoms. The number of hydrogen-bond acceptors (Lipinski definition) is 4. The summed E-state index contributed by atoms with van der Waals surface area (Å²) in [6.07, 6.45) is 0. The zero-order chi connectivity index (χ0) is 18.7. The number of benzene rings is 2. The van der Waals surface area contributed by atoms with Gasteiger partial charge >= 0.3 is 5.63 Å². The van der Waals surface area contributed by atoms with Crippen LogP contribution in [-0.2, 0) is 10.2 Å². The number of anilines is 1. The van der Waals surface area contributed by atoms with E-state index in [2.05, 4.69) is 50.4 Å². The SMILES string of the molecule is CC(C)(C)c1ccc(SCC(=O)Nc2ccc3oc(=O)ccc3c2)cc1. The zero-order valence-corrected chi connectivity index (χ0v) is 15.9. The van der Waals surface area contributed by atoms with Gasteiger partial charge in [0.1, 0.15) is 5.58 Å². The van der Waals surface area contributed by atoms with Gasteiger partial charge in [-0.25, -0.2) is 4.79 Å². The first-order valence-electron chi connectivity index (χ1n) is 8.38. The molecule has 2 aromatic carbocycles. The Labute approximate surface area is 156 Å². The molecule has 26 heavy (non-hydrogen) atoms. The van der Waals surface area contributed by atoms with Crippen LogP contribution in [0.5, 0.6) is 0 Å². The molecular weight excluding hydrogens is 346 g/mol. The lowest BCUT2D eigenvalue weighted by Crippen LogP contribution is -2.14. The second kappa shape index (κ2) is 7.38. The van der Waals surface area contributed by atoms with Crippen LogP contribution in [0.15, 0.2) is 68.7 Å². The summed E-state index contributed by atoms with van der Waals surface area (Å²) in [7, 11) is 0. The predicted octanol–water partition coefficient (Wildman–Crippen LogP) is 4.82. The van der Waals surface area contributed by atoms with Crippen molar-refractivity contribution in [1.82, 2.24) is 0 Å². The molecule has 1 N–H and O–H groups in total. The topological polar surface area (TPSA) is 59.3 Å². The van der Waals surface area contributed by atoms with Gasteiger partial charge < -0.3 is 9.73 Å². The molecule has 0 radical (unpaired) electrons. The van der Waals surface area contributed by atoms with E-state index in [1.165, 1.54) is 23.4 Å². The molecule has 1 aromatic heterocycles. The van der Waals surface area contributed by atoms with E-state index >= 15 is 0 Å². The van der Waals surface area contributed by atoms with Crippen LogP contribution < -0.4 is 10.9 Å². The van der Waals surface area contributed by atoms with E-state index in [1.54, 1.807) is 24.3 Å². The highest BCUT2D eigenvalue weighted by Crippen LogP contribution is 2.26. The fourth-order valence-corrected chi connectivity index (χ4v) is 3.25. The van der Waals surface area contributed by atoms with Gasteiger partial charge in [-0.15, -0.1) is 11.8 Å². The van der Waals surface area contributed by atoms with Crippen LogP contribution in [0.2, 0.25) is 0 Å². The van der Waals surface area contributed by atoms with E-state index in [1.807, 2.05) is 0 Å². The minimum Gasteiger partial charge on any atom is -0.423 e. The molecule has 0 aliphatic heterocycles. The van der Waals surface area contributed by atoms with Gasteiger partial charge in [0.25, 0.3) is 0 Å². The number of hydrogen-bond donors (Lipinski definition) is 1. The van der Waals surface area contributed by atoms with Gasteiger partial charge in [-0.1, -0.05) is 32.9 Å². The van der Waals surface area contributed by atoms with Gasteiger partial charge in [0, 0.05) is 22.0 Å². The quantitative estimate of drug-likeness (QED) is 0.530. The number of rotatable bonds is 4. The van der Waals surface area contributed by atoms with Crippen molar-refractivity contribution in [2.24, 2.45) is 0 Å². The molecule has 0 unspecified atom stereocenters. The van der Waals surface area contributed by atoms with E-state index in [9.17, 15) is 9.59 Å². The first-order chi connectivity index (χ1) is 12.3. The summed E-state index contributed by atoms with van der Waals surface area (Å²) in [6.45, 7) is 6.53. The third-order valence-corrected chi connectivity index (χ3v) is 5.01. The van der Waals surface area contributed by atoms with Crippen LogP contribution in [0.25, 0.3) is 11.0 Å². The molecule has 1 heterocycles. The summed E-state index contributed by atoms with van der Waals surface area (Å²) < 4.78 is 5.09. The molecule has 4 nitrogen and oxygen atoms in total. The van der Waals surface area contributed by atoms with E-state index in [0.717, 1.165) is 10.3 Å². The maximum absolute atomic E-state index is 12.2. The Bertz CT molecular complexity index is 985. The summed E-state index contributed by atoms with van der Waals surface area (Å²) in [4.78, 5) is 24.5. The van der Waals surface area contributed by atoms with Crippen LogP contribution in [0, 0.1) is 0 Å². The first kappa shape index (κ1) is 18.3. The smallest absolute Gasteiger partial charge is 0.336 e. The first-order valence-corrected chi connectivity index (χ1v) is 9.37. The highest BCUT2D eigenvalue weighted by Gasteiger charge is 2.13. The second-order valence-electron chi connectivity index (χ2n) is 7.12. The van der Waals surface area contributed by atoms with Crippen LogP contribution in [0.3, 0.4) is 0 Å². The second-order valence-corrected chi connectivity index (χ2v) is 8.17. The number of thioether (sulfide) groups is 1. The standard InChI is InChI=1S/C21H21NO3S/c1-21(2,3)15-5-8-17(9-6-15)26-13-19(23)22-16-7-10-18-14(12-16)4-11-20(24)25-18/h4-12H,13H2,1-3H3,(H,22,23). The monoisotopic (exact) mass is 367 g/mol. The molecule has 3 aromatic rings. The number of amides is 1. The molecule has 0 aliphatic rings. The lowest BCUT2D eigenvalue weighted by atomic mass is 9.87. The van der Waals surface area contributed by atoms with Crippen LogP contribution in [0.4, 0.5) is 5.69 Å². The average molecular weight is 367 g/mol. The molecule has 0 saturated carbocycles. The maximum atomic E-state index is 12.2. The Morgan fingerprint density at radius 2 is 1.77 bits per heavy atom. The van der Waals surface area contributed by atoms with Crippen LogP contribution in [0.1, 0.15) is 26.3 Å². The highest BCUT2D eigenvalue weighted by molar-refractivity contribution is 8.00. The molecule has 0 aliphatic carbocycles. The van der Waals surface area contributed by atoms with Gasteiger partial charge in [-0.05, 0) is 47.4 Å². The molecule has 3 rings (SSSR count). The van der Waals surface area contributed by atoms with Gasteiger partial charge in [0.2, 0.25) is 5.91 Å². The van der Waals surface area contributed by atoms with Gasteiger partial charge in [-0.2, -0.15) is 0 Å². The van der Waals surface area contributed by atoms with Crippen molar-refractivity contribution in [2.75, 3.05) is 11.1 Å². The molecule has 0 fully saturated rings. The Kier molecular flexibility index (Phi) is 5.18. The number of carbonyl (C=O) groups is 1. The summed E-state index contributed by atoms with van der Waals surface area (Å²) in [6, 6.07) is 16.6. The summed E-state index contributed by atoms with van der Waals surface area (Å²) in [5.41, 5.74) is 2.19. The van der Waals surface area contributed by atoms with Crippen LogP contribution >= 0.6 is 11.8 Å². The molecule has 0 spiro atoms. The summed E-state index contributed by atoms with van der Waals surface area (Å²) in [5, 5.41) is 3.65. The molecular formula is C21H21NO3S. The van der Waals surface area contributed by atoms with Crippen molar-refractivity contribution < 1.29 is 9.21 Å². The van der Waals surface area contributed by atoms with Crippen LogP contribution in [-0.4, -0.2) is 11.7 Å². The lowest BCUT2D eigenvalue weighted by molar-refractivity contribution is -0.113. The molecule has 134 valence electrons. The van der Waals surface area contributed by atoms with Crippen molar-refractivity contribution >= 4 is 34.3 Å². The Balaban J connectivity index is 1.60. The predicted molar refractivity (Wildman–Crippen MR) is 107 cm³/mol. The van der Waals surface area contributed by atoms with Crippen molar-refractivity contribution in [3.8, 4) is 0 Å². The minimum atomic E-state index is -0.386. The van der Waals surface area contributed by atoms with E-state index in [-0.39, 0.29) is 16.9 Å². The van der Waals surface area contributed by atoms with Gasteiger partial charge in [0.15, 0.2) is 0 Å². The zero-order valence-electron chi connectivity index (χ0n) is 15.0. The Hall–Kier alpha value is -2.53. The molecule has 1 amide bonds. The summed E-state index contributed by atoms with van der Waals surface area (Å²) >= 11 is 1.50. The highest BCUT2D eigenvalue weighted by atomic mass is 32.2. The fourth-order valence-electron chi connectivity index (χ4n) is 2.55.